The Morgan fingerprint density at radius 2 is 1.60 bits per heavy atom. The molecule has 0 aromatic rings. The lowest BCUT2D eigenvalue weighted by molar-refractivity contribution is -0.976. The number of likely N-dealkylation sites (tertiary alicyclic amines) is 1. The maximum Gasteiger partial charge on any atom is 0.408 e. The molecular formula is C31H57N4O7+. The largest absolute Gasteiger partial charge is 0.480 e. The Balaban J connectivity index is 2.36. The van der Waals surface area contributed by atoms with Crippen molar-refractivity contribution in [2.24, 2.45) is 17.8 Å². The zero-order valence-electron chi connectivity index (χ0n) is 26.9. The minimum Gasteiger partial charge on any atom is -0.480 e. The van der Waals surface area contributed by atoms with Gasteiger partial charge in [-0.1, -0.05) is 66.2 Å². The van der Waals surface area contributed by atoms with Crippen LogP contribution < -0.4 is 16.1 Å². The summed E-state index contributed by atoms with van der Waals surface area (Å²) in [6.45, 7) is 13.8. The number of alkyl carbamates (subject to hydrolysis) is 1. The number of carboxylic acid groups (broad SMARTS) is 2. The Morgan fingerprint density at radius 3 is 2.12 bits per heavy atom. The molecule has 0 spiro atoms. The van der Waals surface area contributed by atoms with Gasteiger partial charge in [0.2, 0.25) is 11.9 Å². The van der Waals surface area contributed by atoms with Crippen LogP contribution >= 0.6 is 0 Å². The van der Waals surface area contributed by atoms with Crippen LogP contribution in [0.5, 0.6) is 0 Å². The molecule has 0 radical (unpaired) electrons. The number of amides is 2. The lowest BCUT2D eigenvalue weighted by Gasteiger charge is -2.43. The third-order valence-electron chi connectivity index (χ3n) is 8.74. The molecule has 2 fully saturated rings. The van der Waals surface area contributed by atoms with Crippen molar-refractivity contribution >= 4 is 23.9 Å². The molecule has 11 nitrogen and oxygen atoms in total. The molecule has 1 heterocycles. The van der Waals surface area contributed by atoms with Gasteiger partial charge in [-0.05, 0) is 51.4 Å². The fourth-order valence-corrected chi connectivity index (χ4v) is 6.55. The number of hydrogen-bond acceptors (Lipinski definition) is 6. The number of quaternary nitrogens is 1. The van der Waals surface area contributed by atoms with Gasteiger partial charge in [-0.15, -0.1) is 0 Å². The van der Waals surface area contributed by atoms with E-state index in [1.807, 2.05) is 27.7 Å². The van der Waals surface area contributed by atoms with Crippen LogP contribution in [0.25, 0.3) is 0 Å². The molecule has 1 unspecified atom stereocenters. The minimum absolute atomic E-state index is 0.110. The number of hydrogen-bond donors (Lipinski definition) is 5. The van der Waals surface area contributed by atoms with E-state index in [1.54, 1.807) is 20.8 Å². The van der Waals surface area contributed by atoms with Crippen molar-refractivity contribution in [1.82, 2.24) is 16.1 Å². The average molecular weight is 598 g/mol. The van der Waals surface area contributed by atoms with Crippen LogP contribution in [0.4, 0.5) is 4.79 Å². The molecule has 1 aliphatic carbocycles. The topological polar surface area (TPSA) is 154 Å². The Morgan fingerprint density at radius 1 is 0.952 bits per heavy atom. The molecule has 1 saturated heterocycles. The van der Waals surface area contributed by atoms with E-state index in [-0.39, 0.29) is 28.9 Å². The number of carbonyl (C=O) groups is 4. The van der Waals surface area contributed by atoms with Crippen LogP contribution in [-0.4, -0.2) is 81.6 Å². The molecule has 5 N–H and O–H groups in total. The standard InChI is InChI=1S/C31H56N4O7/c1-8-21(4)26(29(39)40)34-35(16-12-15-25(35)28(37)38)19-23(17-20(2)3)32-27(36)24(18-22-13-10-9-11-14-22)33-30(41)42-31(5,6)7/h20-26,34H,8-19H2,1-7H3,(H3-,32,33,36,37,38,39,40,41)/p+1/t21-,23-,24-,25-,26-,35?/m0/s1. The quantitative estimate of drug-likeness (QED) is 0.174. The molecule has 0 aromatic carbocycles. The molecule has 242 valence electrons. The summed E-state index contributed by atoms with van der Waals surface area (Å²) in [5, 5.41) is 26.2. The molecular weight excluding hydrogens is 540 g/mol. The Hall–Kier alpha value is -2.40. The predicted octanol–water partition coefficient (Wildman–Crippen LogP) is 4.45. The van der Waals surface area contributed by atoms with Crippen LogP contribution in [0.15, 0.2) is 0 Å². The van der Waals surface area contributed by atoms with E-state index < -0.39 is 47.8 Å². The van der Waals surface area contributed by atoms with Crippen LogP contribution in [-0.2, 0) is 19.1 Å². The summed E-state index contributed by atoms with van der Waals surface area (Å²) in [5.41, 5.74) is 2.54. The lowest BCUT2D eigenvalue weighted by Crippen LogP contribution is -2.71. The second-order valence-electron chi connectivity index (χ2n) is 14.0. The van der Waals surface area contributed by atoms with E-state index in [4.69, 9.17) is 4.74 Å². The highest BCUT2D eigenvalue weighted by Gasteiger charge is 2.51. The van der Waals surface area contributed by atoms with E-state index in [2.05, 4.69) is 16.1 Å². The number of rotatable bonds is 15. The molecule has 2 aliphatic rings. The average Bonchev–Trinajstić information content (AvgIpc) is 3.28. The van der Waals surface area contributed by atoms with Crippen molar-refractivity contribution in [2.75, 3.05) is 13.1 Å². The van der Waals surface area contributed by atoms with Crippen LogP contribution in [0.1, 0.15) is 113 Å². The SMILES string of the molecule is CC[C@H](C)[C@H](N[N+]1(C[C@H](CC(C)C)NC(=O)[C@H](CC2CCCCC2)NC(=O)OC(C)(C)C)CCC[C@H]1C(=O)O)C(=O)O. The smallest absolute Gasteiger partial charge is 0.408 e. The molecule has 2 amide bonds. The number of carbonyl (C=O) groups excluding carboxylic acids is 2. The van der Waals surface area contributed by atoms with Gasteiger partial charge in [-0.2, -0.15) is 5.43 Å². The molecule has 11 heteroatoms. The fraction of sp³-hybridized carbons (Fsp3) is 0.871. The van der Waals surface area contributed by atoms with Gasteiger partial charge in [-0.25, -0.2) is 14.2 Å². The maximum atomic E-state index is 13.9. The predicted molar refractivity (Wildman–Crippen MR) is 160 cm³/mol. The summed E-state index contributed by atoms with van der Waals surface area (Å²) < 4.78 is 5.37. The summed E-state index contributed by atoms with van der Waals surface area (Å²) in [6.07, 6.45) is 7.49. The van der Waals surface area contributed by atoms with Crippen LogP contribution in [0, 0.1) is 17.8 Å². The molecule has 6 atom stereocenters. The number of nitrogens with one attached hydrogen (secondary N) is 3. The van der Waals surface area contributed by atoms with Gasteiger partial charge >= 0.3 is 18.0 Å². The minimum atomic E-state index is -1.02. The second-order valence-corrected chi connectivity index (χ2v) is 14.0. The summed E-state index contributed by atoms with van der Waals surface area (Å²) >= 11 is 0. The molecule has 42 heavy (non-hydrogen) atoms. The van der Waals surface area contributed by atoms with Crippen molar-refractivity contribution in [3.05, 3.63) is 0 Å². The Labute approximate surface area is 252 Å². The molecule has 0 bridgehead atoms. The first-order chi connectivity index (χ1) is 19.6. The van der Waals surface area contributed by atoms with Crippen LogP contribution in [0.2, 0.25) is 0 Å². The van der Waals surface area contributed by atoms with Crippen molar-refractivity contribution < 1.29 is 38.7 Å². The van der Waals surface area contributed by atoms with E-state index in [1.165, 1.54) is 6.42 Å². The lowest BCUT2D eigenvalue weighted by atomic mass is 9.84. The maximum absolute atomic E-state index is 13.9. The van der Waals surface area contributed by atoms with E-state index in [0.717, 1.165) is 25.7 Å². The number of carboxylic acids is 2. The van der Waals surface area contributed by atoms with E-state index in [0.29, 0.717) is 44.6 Å². The van der Waals surface area contributed by atoms with Gasteiger partial charge in [0.1, 0.15) is 18.2 Å². The Kier molecular flexibility index (Phi) is 13.5. The van der Waals surface area contributed by atoms with Crippen molar-refractivity contribution in [3.63, 3.8) is 0 Å². The summed E-state index contributed by atoms with van der Waals surface area (Å²) in [4.78, 5) is 51.4. The fourth-order valence-electron chi connectivity index (χ4n) is 6.55. The molecule has 1 saturated carbocycles. The molecule has 0 aromatic heterocycles. The normalized spacial score (nSPS) is 24.4. The summed E-state index contributed by atoms with van der Waals surface area (Å²) in [5.74, 6) is -2.04. The van der Waals surface area contributed by atoms with Gasteiger partial charge in [0.15, 0.2) is 6.04 Å². The third kappa shape index (κ3) is 11.0. The van der Waals surface area contributed by atoms with Gasteiger partial charge in [0, 0.05) is 12.8 Å². The van der Waals surface area contributed by atoms with Gasteiger partial charge < -0.3 is 25.6 Å². The first-order valence-electron chi connectivity index (χ1n) is 16.0. The first-order valence-corrected chi connectivity index (χ1v) is 16.0. The van der Waals surface area contributed by atoms with Gasteiger partial charge in [0.05, 0.1) is 12.6 Å². The third-order valence-corrected chi connectivity index (χ3v) is 8.74. The van der Waals surface area contributed by atoms with Crippen molar-refractivity contribution in [1.29, 1.82) is 0 Å². The first kappa shape index (κ1) is 35.8. The zero-order chi connectivity index (χ0) is 31.7. The summed E-state index contributed by atoms with van der Waals surface area (Å²) in [7, 11) is 0. The van der Waals surface area contributed by atoms with Crippen molar-refractivity contribution in [3.8, 4) is 0 Å². The van der Waals surface area contributed by atoms with E-state index in [9.17, 15) is 29.4 Å². The number of aliphatic carboxylic acids is 2. The van der Waals surface area contributed by atoms with Crippen LogP contribution in [0.3, 0.4) is 0 Å². The Bertz CT molecular complexity index is 915. The number of nitrogens with zero attached hydrogens (tertiary/aromatic N) is 1. The highest BCUT2D eigenvalue weighted by molar-refractivity contribution is 5.86. The zero-order valence-corrected chi connectivity index (χ0v) is 26.9. The molecule has 1 aliphatic heterocycles. The monoisotopic (exact) mass is 597 g/mol. The van der Waals surface area contributed by atoms with Crippen molar-refractivity contribution in [2.45, 2.75) is 142 Å². The molecule has 2 rings (SSSR count). The highest BCUT2D eigenvalue weighted by atomic mass is 16.6. The van der Waals surface area contributed by atoms with Gasteiger partial charge in [-0.3, -0.25) is 9.59 Å². The van der Waals surface area contributed by atoms with E-state index >= 15 is 0 Å². The van der Waals surface area contributed by atoms with Gasteiger partial charge in [0.25, 0.3) is 0 Å². The highest BCUT2D eigenvalue weighted by Crippen LogP contribution is 2.30. The second kappa shape index (κ2) is 15.9. The summed E-state index contributed by atoms with van der Waals surface area (Å²) in [6, 6.07) is -3.00. The number of ether oxygens (including phenoxy) is 1.